The van der Waals surface area contributed by atoms with Crippen molar-refractivity contribution >= 4 is 17.5 Å². The number of carbonyl (C=O) groups excluding carboxylic acids is 1. The number of aromatic amines is 1. The van der Waals surface area contributed by atoms with Gasteiger partial charge in [-0.05, 0) is 24.8 Å². The van der Waals surface area contributed by atoms with Crippen LogP contribution in [0, 0.1) is 5.92 Å². The molecule has 14 heavy (non-hydrogen) atoms. The zero-order chi connectivity index (χ0) is 9.97. The number of halogens is 1. The van der Waals surface area contributed by atoms with E-state index in [2.05, 4.69) is 15.5 Å². The summed E-state index contributed by atoms with van der Waals surface area (Å²) < 4.78 is 0. The fourth-order valence-corrected chi connectivity index (χ4v) is 1.62. The van der Waals surface area contributed by atoms with E-state index >= 15 is 0 Å². The van der Waals surface area contributed by atoms with Gasteiger partial charge in [-0.15, -0.1) is 11.6 Å². The van der Waals surface area contributed by atoms with Crippen LogP contribution in [0.1, 0.15) is 23.3 Å². The lowest BCUT2D eigenvalue weighted by molar-refractivity contribution is 0.0948. The molecule has 0 spiro atoms. The molecule has 1 aliphatic carbocycles. The summed E-state index contributed by atoms with van der Waals surface area (Å²) in [7, 11) is 0. The Morgan fingerprint density at radius 3 is 3.14 bits per heavy atom. The number of nitrogens with zero attached hydrogens (tertiary/aromatic N) is 1. The highest BCUT2D eigenvalue weighted by Gasteiger charge is 2.29. The molecule has 0 saturated heterocycles. The van der Waals surface area contributed by atoms with Gasteiger partial charge in [0.2, 0.25) is 0 Å². The standard InChI is InChI=1S/C9H12ClN3O/c10-7(6-1-2-6)5-11-9(14)8-3-4-12-13-8/h3-4,6-7H,1-2,5H2,(H,11,14)(H,12,13). The van der Waals surface area contributed by atoms with Crippen LogP contribution in [0.5, 0.6) is 0 Å². The molecule has 1 atom stereocenters. The summed E-state index contributed by atoms with van der Waals surface area (Å²) in [5.41, 5.74) is 0.477. The minimum atomic E-state index is -0.145. The van der Waals surface area contributed by atoms with E-state index < -0.39 is 0 Å². The summed E-state index contributed by atoms with van der Waals surface area (Å²) in [5.74, 6) is 0.451. The molecule has 0 bridgehead atoms. The lowest BCUT2D eigenvalue weighted by Crippen LogP contribution is -2.30. The van der Waals surface area contributed by atoms with Crippen LogP contribution in [-0.4, -0.2) is 28.0 Å². The third-order valence-electron chi connectivity index (χ3n) is 2.34. The summed E-state index contributed by atoms with van der Waals surface area (Å²) >= 11 is 6.04. The number of amides is 1. The first-order valence-electron chi connectivity index (χ1n) is 4.69. The molecule has 1 aliphatic rings. The highest BCUT2D eigenvalue weighted by Crippen LogP contribution is 2.35. The van der Waals surface area contributed by atoms with Crippen molar-refractivity contribution in [1.82, 2.24) is 15.5 Å². The van der Waals surface area contributed by atoms with E-state index in [1.807, 2.05) is 0 Å². The summed E-state index contributed by atoms with van der Waals surface area (Å²) in [6, 6.07) is 1.63. The van der Waals surface area contributed by atoms with Gasteiger partial charge in [-0.25, -0.2) is 0 Å². The van der Waals surface area contributed by atoms with Gasteiger partial charge in [0.1, 0.15) is 5.69 Å². The first-order chi connectivity index (χ1) is 6.77. The zero-order valence-electron chi connectivity index (χ0n) is 7.66. The summed E-state index contributed by atoms with van der Waals surface area (Å²) in [4.78, 5) is 11.4. The van der Waals surface area contributed by atoms with Gasteiger partial charge < -0.3 is 5.32 Å². The smallest absolute Gasteiger partial charge is 0.269 e. The van der Waals surface area contributed by atoms with Gasteiger partial charge in [-0.1, -0.05) is 0 Å². The molecule has 1 heterocycles. The second kappa shape index (κ2) is 4.00. The Morgan fingerprint density at radius 2 is 2.57 bits per heavy atom. The second-order valence-electron chi connectivity index (χ2n) is 3.53. The van der Waals surface area contributed by atoms with E-state index in [1.165, 1.54) is 12.8 Å². The molecule has 2 rings (SSSR count). The molecule has 0 radical (unpaired) electrons. The molecule has 1 aromatic rings. The molecule has 2 N–H and O–H groups in total. The number of aromatic nitrogens is 2. The van der Waals surface area contributed by atoms with Crippen molar-refractivity contribution in [2.75, 3.05) is 6.54 Å². The number of nitrogens with one attached hydrogen (secondary N) is 2. The third kappa shape index (κ3) is 2.26. The number of rotatable bonds is 4. The van der Waals surface area contributed by atoms with Crippen molar-refractivity contribution in [2.24, 2.45) is 5.92 Å². The van der Waals surface area contributed by atoms with Crippen molar-refractivity contribution in [3.63, 3.8) is 0 Å². The van der Waals surface area contributed by atoms with E-state index in [1.54, 1.807) is 12.3 Å². The van der Waals surface area contributed by atoms with Gasteiger partial charge in [0.25, 0.3) is 5.91 Å². The van der Waals surface area contributed by atoms with Crippen molar-refractivity contribution in [3.8, 4) is 0 Å². The monoisotopic (exact) mass is 213 g/mol. The summed E-state index contributed by atoms with van der Waals surface area (Å²) in [6.07, 6.45) is 3.93. The molecule has 76 valence electrons. The molecular weight excluding hydrogens is 202 g/mol. The van der Waals surface area contributed by atoms with Crippen LogP contribution in [0.3, 0.4) is 0 Å². The lowest BCUT2D eigenvalue weighted by atomic mass is 10.3. The Labute approximate surface area is 87.0 Å². The predicted molar refractivity (Wildman–Crippen MR) is 53.3 cm³/mol. The van der Waals surface area contributed by atoms with Gasteiger partial charge in [-0.3, -0.25) is 9.89 Å². The Balaban J connectivity index is 1.77. The van der Waals surface area contributed by atoms with Crippen LogP contribution in [0.15, 0.2) is 12.3 Å². The van der Waals surface area contributed by atoms with Gasteiger partial charge in [0.05, 0.1) is 5.38 Å². The van der Waals surface area contributed by atoms with Crippen molar-refractivity contribution < 1.29 is 4.79 Å². The van der Waals surface area contributed by atoms with Crippen LogP contribution >= 0.6 is 11.6 Å². The second-order valence-corrected chi connectivity index (χ2v) is 4.09. The fraction of sp³-hybridized carbons (Fsp3) is 0.556. The van der Waals surface area contributed by atoms with Crippen molar-refractivity contribution in [3.05, 3.63) is 18.0 Å². The van der Waals surface area contributed by atoms with Crippen LogP contribution < -0.4 is 5.32 Å². The van der Waals surface area contributed by atoms with Crippen LogP contribution in [0.25, 0.3) is 0 Å². The highest BCUT2D eigenvalue weighted by atomic mass is 35.5. The maximum Gasteiger partial charge on any atom is 0.269 e. The first kappa shape index (κ1) is 9.52. The van der Waals surface area contributed by atoms with Gasteiger partial charge in [-0.2, -0.15) is 5.10 Å². The van der Waals surface area contributed by atoms with Crippen molar-refractivity contribution in [1.29, 1.82) is 0 Å². The number of hydrogen-bond acceptors (Lipinski definition) is 2. The largest absolute Gasteiger partial charge is 0.349 e. The van der Waals surface area contributed by atoms with E-state index in [-0.39, 0.29) is 11.3 Å². The van der Waals surface area contributed by atoms with E-state index in [9.17, 15) is 4.79 Å². The molecule has 1 amide bonds. The minimum absolute atomic E-state index is 0.0712. The number of H-pyrrole nitrogens is 1. The van der Waals surface area contributed by atoms with E-state index in [4.69, 9.17) is 11.6 Å². The Kier molecular flexibility index (Phi) is 2.72. The highest BCUT2D eigenvalue weighted by molar-refractivity contribution is 6.21. The Morgan fingerprint density at radius 1 is 1.79 bits per heavy atom. The normalized spacial score (nSPS) is 17.8. The quantitative estimate of drug-likeness (QED) is 0.738. The number of alkyl halides is 1. The maximum atomic E-state index is 11.4. The molecule has 1 saturated carbocycles. The molecule has 5 heteroatoms. The topological polar surface area (TPSA) is 57.8 Å². The maximum absolute atomic E-state index is 11.4. The fourth-order valence-electron chi connectivity index (χ4n) is 1.29. The SMILES string of the molecule is O=C(NCC(Cl)C1CC1)c1ccn[nH]1. The Hall–Kier alpha value is -1.03. The van der Waals surface area contributed by atoms with Gasteiger partial charge in [0.15, 0.2) is 0 Å². The van der Waals surface area contributed by atoms with Crippen LogP contribution in [-0.2, 0) is 0 Å². The predicted octanol–water partition coefficient (Wildman–Crippen LogP) is 1.16. The van der Waals surface area contributed by atoms with Gasteiger partial charge in [0, 0.05) is 12.7 Å². The Bertz CT molecular complexity index is 308. The third-order valence-corrected chi connectivity index (χ3v) is 2.85. The van der Waals surface area contributed by atoms with Crippen molar-refractivity contribution in [2.45, 2.75) is 18.2 Å². The van der Waals surface area contributed by atoms with Crippen LogP contribution in [0.4, 0.5) is 0 Å². The van der Waals surface area contributed by atoms with E-state index in [0.717, 1.165) is 0 Å². The minimum Gasteiger partial charge on any atom is -0.349 e. The summed E-state index contributed by atoms with van der Waals surface area (Å²) in [6.45, 7) is 0.532. The van der Waals surface area contributed by atoms with Gasteiger partial charge >= 0.3 is 0 Å². The molecular formula is C9H12ClN3O. The zero-order valence-corrected chi connectivity index (χ0v) is 8.42. The average Bonchev–Trinajstić information content (AvgIpc) is 2.90. The lowest BCUT2D eigenvalue weighted by Gasteiger charge is -2.08. The number of hydrogen-bond donors (Lipinski definition) is 2. The van der Waals surface area contributed by atoms with E-state index in [0.29, 0.717) is 18.2 Å². The first-order valence-corrected chi connectivity index (χ1v) is 5.12. The summed E-state index contributed by atoms with van der Waals surface area (Å²) in [5, 5.41) is 9.13. The molecule has 1 unspecified atom stereocenters. The molecule has 0 aromatic carbocycles. The average molecular weight is 214 g/mol. The number of carbonyl (C=O) groups is 1. The molecule has 1 fully saturated rings. The molecule has 4 nitrogen and oxygen atoms in total. The van der Waals surface area contributed by atoms with Crippen LogP contribution in [0.2, 0.25) is 0 Å². The molecule has 1 aromatic heterocycles. The molecule has 0 aliphatic heterocycles.